The van der Waals surface area contributed by atoms with Crippen LogP contribution in [-0.4, -0.2) is 83.5 Å². The fourth-order valence-electron chi connectivity index (χ4n) is 7.92. The van der Waals surface area contributed by atoms with Gasteiger partial charge in [-0.25, -0.2) is 0 Å². The zero-order chi connectivity index (χ0) is 27.7. The van der Waals surface area contributed by atoms with Gasteiger partial charge in [-0.1, -0.05) is 23.7 Å². The van der Waals surface area contributed by atoms with Crippen LogP contribution in [0.15, 0.2) is 30.3 Å². The van der Waals surface area contributed by atoms with Crippen LogP contribution in [0.25, 0.3) is 10.8 Å². The number of nitrogens with one attached hydrogen (secondary N) is 1. The molecule has 0 aliphatic carbocycles. The summed E-state index contributed by atoms with van der Waals surface area (Å²) in [6.07, 6.45) is 4.61. The van der Waals surface area contributed by atoms with Gasteiger partial charge in [-0.3, -0.25) is 4.90 Å². The van der Waals surface area contributed by atoms with Gasteiger partial charge in [0.25, 0.3) is 0 Å². The number of piperazine rings is 1. The molecule has 10 heteroatoms. The summed E-state index contributed by atoms with van der Waals surface area (Å²) in [6.45, 7) is 8.64. The van der Waals surface area contributed by atoms with Gasteiger partial charge in [0, 0.05) is 42.7 Å². The summed E-state index contributed by atoms with van der Waals surface area (Å²) in [5.41, 5.74) is 2.99. The van der Waals surface area contributed by atoms with Crippen molar-refractivity contribution in [1.82, 2.24) is 20.2 Å². The molecular weight excluding hydrogens is 540 g/mol. The molecule has 3 fully saturated rings. The zero-order valence-corrected chi connectivity index (χ0v) is 24.2. The first-order chi connectivity index (χ1) is 20.0. The summed E-state index contributed by atoms with van der Waals surface area (Å²) >= 11 is 6.73. The maximum atomic E-state index is 10.6. The number of hydrogen-bond acceptors (Lipinski definition) is 9. The molecular formula is C31H37ClN6O3. The Morgan fingerprint density at radius 1 is 1.17 bits per heavy atom. The van der Waals surface area contributed by atoms with Crippen molar-refractivity contribution >= 4 is 33.9 Å². The van der Waals surface area contributed by atoms with E-state index < -0.39 is 0 Å². The van der Waals surface area contributed by atoms with Gasteiger partial charge in [-0.15, -0.1) is 0 Å². The van der Waals surface area contributed by atoms with Crippen LogP contribution < -0.4 is 19.9 Å². The second-order valence-electron chi connectivity index (χ2n) is 12.5. The lowest BCUT2D eigenvalue weighted by Gasteiger charge is -2.40. The highest BCUT2D eigenvalue weighted by molar-refractivity contribution is 6.36. The van der Waals surface area contributed by atoms with Crippen molar-refractivity contribution in [2.24, 2.45) is 0 Å². The van der Waals surface area contributed by atoms with Gasteiger partial charge in [0.2, 0.25) is 0 Å². The molecule has 1 aromatic heterocycles. The summed E-state index contributed by atoms with van der Waals surface area (Å²) < 4.78 is 13.2. The van der Waals surface area contributed by atoms with Gasteiger partial charge in [-0.05, 0) is 63.2 Å². The minimum Gasteiger partial charge on any atom is -0.508 e. The lowest BCUT2D eigenvalue weighted by molar-refractivity contribution is 0.0459. The number of nitrogens with zero attached hydrogens (tertiary/aromatic N) is 5. The largest absolute Gasteiger partial charge is 0.508 e. The van der Waals surface area contributed by atoms with Crippen molar-refractivity contribution in [3.63, 3.8) is 0 Å². The van der Waals surface area contributed by atoms with Gasteiger partial charge >= 0.3 is 6.01 Å². The molecule has 9 nitrogen and oxygen atoms in total. The number of hydrogen-bond donors (Lipinski definition) is 2. The van der Waals surface area contributed by atoms with E-state index in [4.69, 9.17) is 31.0 Å². The average Bonchev–Trinajstić information content (AvgIpc) is 3.50. The highest BCUT2D eigenvalue weighted by Crippen LogP contribution is 2.45. The third-order valence-electron chi connectivity index (χ3n) is 9.92. The van der Waals surface area contributed by atoms with Crippen molar-refractivity contribution in [2.45, 2.75) is 62.9 Å². The molecule has 3 aromatic rings. The van der Waals surface area contributed by atoms with Gasteiger partial charge in [-0.2, -0.15) is 9.97 Å². The smallest absolute Gasteiger partial charge is 0.318 e. The highest BCUT2D eigenvalue weighted by atomic mass is 35.5. The van der Waals surface area contributed by atoms with Crippen LogP contribution in [0.5, 0.6) is 11.8 Å². The van der Waals surface area contributed by atoms with Crippen molar-refractivity contribution in [3.05, 3.63) is 46.6 Å². The third-order valence-corrected chi connectivity index (χ3v) is 10.2. The molecule has 3 saturated heterocycles. The zero-order valence-electron chi connectivity index (χ0n) is 23.5. The Kier molecular flexibility index (Phi) is 6.21. The highest BCUT2D eigenvalue weighted by Gasteiger charge is 2.45. The molecule has 2 aromatic carbocycles. The van der Waals surface area contributed by atoms with E-state index in [0.717, 1.165) is 59.7 Å². The average molecular weight is 577 g/mol. The second-order valence-corrected chi connectivity index (χ2v) is 12.9. The summed E-state index contributed by atoms with van der Waals surface area (Å²) in [5, 5.41) is 16.7. The van der Waals surface area contributed by atoms with Crippen molar-refractivity contribution in [1.29, 1.82) is 0 Å². The van der Waals surface area contributed by atoms with Crippen molar-refractivity contribution in [2.75, 3.05) is 55.7 Å². The molecule has 6 heterocycles. The monoisotopic (exact) mass is 576 g/mol. The quantitative estimate of drug-likeness (QED) is 0.473. The minimum atomic E-state index is -0.206. The first-order valence-corrected chi connectivity index (χ1v) is 15.4. The summed E-state index contributed by atoms with van der Waals surface area (Å²) in [5.74, 6) is 1.17. The fourth-order valence-corrected chi connectivity index (χ4v) is 8.19. The maximum absolute atomic E-state index is 10.6. The van der Waals surface area contributed by atoms with E-state index in [2.05, 4.69) is 26.9 Å². The fraction of sp³-hybridized carbons (Fsp3) is 0.548. The molecule has 2 N–H and O–H groups in total. The van der Waals surface area contributed by atoms with Gasteiger partial charge in [0.1, 0.15) is 24.3 Å². The summed E-state index contributed by atoms with van der Waals surface area (Å²) in [6, 6.07) is 10.4. The van der Waals surface area contributed by atoms with E-state index in [-0.39, 0.29) is 23.4 Å². The van der Waals surface area contributed by atoms with Gasteiger partial charge < -0.3 is 29.7 Å². The summed E-state index contributed by atoms with van der Waals surface area (Å²) in [7, 11) is 0. The molecule has 0 radical (unpaired) electrons. The Morgan fingerprint density at radius 3 is 2.88 bits per heavy atom. The van der Waals surface area contributed by atoms with E-state index in [0.29, 0.717) is 43.4 Å². The number of phenolic OH excluding ortho intramolecular Hbond substituents is 1. The second kappa shape index (κ2) is 9.87. The molecule has 3 atom stereocenters. The van der Waals surface area contributed by atoms with Crippen molar-refractivity contribution < 1.29 is 14.6 Å². The first-order valence-electron chi connectivity index (χ1n) is 15.0. The van der Waals surface area contributed by atoms with Crippen LogP contribution in [0.3, 0.4) is 0 Å². The molecule has 5 aliphatic rings. The topological polar surface area (TPSA) is 86.2 Å². The molecule has 0 saturated carbocycles. The Labute approximate surface area is 245 Å². The lowest BCUT2D eigenvalue weighted by atomic mass is 9.95. The van der Waals surface area contributed by atoms with Crippen LogP contribution in [0, 0.1) is 0 Å². The van der Waals surface area contributed by atoms with Crippen LogP contribution >= 0.6 is 11.6 Å². The van der Waals surface area contributed by atoms with Gasteiger partial charge in [0.05, 0.1) is 41.1 Å². The van der Waals surface area contributed by atoms with Crippen LogP contribution in [0.2, 0.25) is 5.02 Å². The van der Waals surface area contributed by atoms with E-state index in [9.17, 15) is 5.11 Å². The normalized spacial score (nSPS) is 26.9. The number of rotatable bonds is 4. The number of benzene rings is 2. The molecule has 0 bridgehead atoms. The predicted octanol–water partition coefficient (Wildman–Crippen LogP) is 4.25. The first kappa shape index (κ1) is 25.8. The maximum Gasteiger partial charge on any atom is 0.318 e. The number of anilines is 2. The lowest BCUT2D eigenvalue weighted by Crippen LogP contribution is -2.57. The van der Waals surface area contributed by atoms with Crippen molar-refractivity contribution in [3.8, 4) is 11.8 Å². The number of ether oxygens (including phenoxy) is 2. The number of aromatic hydroxyl groups is 1. The van der Waals surface area contributed by atoms with E-state index in [1.54, 1.807) is 12.1 Å². The minimum absolute atomic E-state index is 0.119. The Bertz CT molecular complexity index is 1490. The van der Waals surface area contributed by atoms with Crippen LogP contribution in [-0.2, 0) is 11.3 Å². The van der Waals surface area contributed by atoms with Gasteiger partial charge in [0.15, 0.2) is 0 Å². The number of aromatic nitrogens is 2. The molecule has 0 amide bonds. The van der Waals surface area contributed by atoms with Crippen LogP contribution in [0.4, 0.5) is 11.5 Å². The Morgan fingerprint density at radius 2 is 2.02 bits per heavy atom. The third kappa shape index (κ3) is 4.31. The predicted molar refractivity (Wildman–Crippen MR) is 159 cm³/mol. The Hall–Kier alpha value is -2.85. The van der Waals surface area contributed by atoms with E-state index in [1.165, 1.54) is 25.7 Å². The Balaban J connectivity index is 1.21. The standard InChI is InChI=1S/C31H37ClN6O3/c1-19-14-38-21(13-33-19)17-40-26-16-36(25-12-22(39)11-20-5-2-6-23(32)27(20)25)15-24-28(26)29(38)35-30(34-24)41-18-31-7-3-9-37(31)10-4-8-31/h2,5-6,11-12,19,21,26,33,39H,3-4,7-10,13-18H2,1H3. The van der Waals surface area contributed by atoms with Crippen LogP contribution in [0.1, 0.15) is 50.0 Å². The molecule has 216 valence electrons. The number of phenols is 1. The molecule has 0 spiro atoms. The molecule has 8 rings (SSSR count). The SMILES string of the molecule is CC1CN2c3nc(OCC45CCCN4CCC5)nc4c3C(CN(c3cc(O)cc5cccc(Cl)c35)C4)OCC2CN1. The molecule has 3 unspecified atom stereocenters. The summed E-state index contributed by atoms with van der Waals surface area (Å²) in [4.78, 5) is 17.4. The van der Waals surface area contributed by atoms with E-state index >= 15 is 0 Å². The number of fused-ring (bicyclic) bond motifs is 4. The molecule has 41 heavy (non-hydrogen) atoms. The number of halogens is 1. The van der Waals surface area contributed by atoms with E-state index in [1.807, 2.05) is 18.2 Å². The molecule has 5 aliphatic heterocycles.